The molecule has 0 bridgehead atoms. The summed E-state index contributed by atoms with van der Waals surface area (Å²) >= 11 is 0. The van der Waals surface area contributed by atoms with Gasteiger partial charge in [0.25, 0.3) is 0 Å². The minimum atomic E-state index is -2.96. The third kappa shape index (κ3) is 8.34. The van der Waals surface area contributed by atoms with E-state index in [1.54, 1.807) is 7.05 Å². The molecule has 1 atom stereocenters. The molecule has 9 heteroatoms. The topological polar surface area (TPSA) is 90.9 Å². The van der Waals surface area contributed by atoms with Gasteiger partial charge in [-0.25, -0.2) is 8.42 Å². The fourth-order valence-corrected chi connectivity index (χ4v) is 3.73. The molecule has 1 heterocycles. The van der Waals surface area contributed by atoms with Crippen molar-refractivity contribution in [1.82, 2.24) is 10.6 Å². The first kappa shape index (κ1) is 24.7. The summed E-state index contributed by atoms with van der Waals surface area (Å²) in [6.45, 7) is 3.31. The zero-order valence-electron chi connectivity index (χ0n) is 16.8. The molecule has 0 spiro atoms. The van der Waals surface area contributed by atoms with Gasteiger partial charge in [-0.2, -0.15) is 0 Å². The highest BCUT2D eigenvalue weighted by Crippen LogP contribution is 2.21. The number of carbonyl (C=O) groups excluding carboxylic acids is 1. The van der Waals surface area contributed by atoms with Crippen molar-refractivity contribution in [1.29, 1.82) is 0 Å². The molecule has 1 fully saturated rings. The Morgan fingerprint density at radius 1 is 1.25 bits per heavy atom. The molecule has 7 nitrogen and oxygen atoms in total. The van der Waals surface area contributed by atoms with Crippen LogP contribution in [0.1, 0.15) is 38.2 Å². The first-order valence-electron chi connectivity index (χ1n) is 9.32. The number of benzene rings is 1. The maximum absolute atomic E-state index is 12.0. The summed E-state index contributed by atoms with van der Waals surface area (Å²) in [5, 5.41) is 6.43. The van der Waals surface area contributed by atoms with Crippen LogP contribution in [0.3, 0.4) is 0 Å². The number of hydrogen-bond donors (Lipinski definition) is 2. The van der Waals surface area contributed by atoms with Gasteiger partial charge in [0.15, 0.2) is 5.96 Å². The summed E-state index contributed by atoms with van der Waals surface area (Å²) in [7, 11) is -1.28. The summed E-state index contributed by atoms with van der Waals surface area (Å²) in [5.41, 5.74) is 2.02. The van der Waals surface area contributed by atoms with Crippen molar-refractivity contribution >= 4 is 51.4 Å². The minimum absolute atomic E-state index is 0. The van der Waals surface area contributed by atoms with E-state index in [9.17, 15) is 13.2 Å². The van der Waals surface area contributed by atoms with Gasteiger partial charge in [-0.3, -0.25) is 9.79 Å². The fraction of sp³-hybridized carbons (Fsp3) is 0.579. The van der Waals surface area contributed by atoms with E-state index >= 15 is 0 Å². The normalized spacial score (nSPS) is 16.3. The Labute approximate surface area is 185 Å². The number of carbonyl (C=O) groups is 1. The lowest BCUT2D eigenvalue weighted by Crippen LogP contribution is -2.42. The average molecular weight is 522 g/mol. The molecular weight excluding hydrogens is 491 g/mol. The Balaban J connectivity index is 0.00000392. The van der Waals surface area contributed by atoms with E-state index in [0.29, 0.717) is 25.3 Å². The number of nitrogens with one attached hydrogen (secondary N) is 2. The molecule has 2 rings (SSSR count). The van der Waals surface area contributed by atoms with E-state index in [-0.39, 0.29) is 41.7 Å². The van der Waals surface area contributed by atoms with Crippen LogP contribution >= 0.6 is 24.0 Å². The molecule has 1 unspecified atom stereocenters. The molecule has 0 aliphatic carbocycles. The molecule has 28 heavy (non-hydrogen) atoms. The maximum Gasteiger partial charge on any atom is 0.226 e. The predicted octanol–water partition coefficient (Wildman–Crippen LogP) is 2.31. The molecule has 0 saturated carbocycles. The molecule has 0 aromatic heterocycles. The highest BCUT2D eigenvalue weighted by atomic mass is 127. The molecule has 1 saturated heterocycles. The molecular formula is C19H31IN4O3S. The Kier molecular flexibility index (Phi) is 10.2. The number of piperidine rings is 1. The van der Waals surface area contributed by atoms with Crippen LogP contribution < -0.4 is 15.5 Å². The molecule has 1 aromatic carbocycles. The summed E-state index contributed by atoms with van der Waals surface area (Å²) < 4.78 is 22.5. The van der Waals surface area contributed by atoms with Gasteiger partial charge in [-0.1, -0.05) is 12.1 Å². The van der Waals surface area contributed by atoms with Crippen LogP contribution in [-0.4, -0.2) is 51.9 Å². The number of anilines is 1. The lowest BCUT2D eigenvalue weighted by atomic mass is 10.1. The number of hydrogen-bond acceptors (Lipinski definition) is 4. The van der Waals surface area contributed by atoms with E-state index < -0.39 is 9.84 Å². The number of nitrogens with zero attached hydrogens (tertiary/aromatic N) is 2. The first-order chi connectivity index (χ1) is 12.8. The molecule has 1 aliphatic heterocycles. The van der Waals surface area contributed by atoms with Gasteiger partial charge in [0.2, 0.25) is 5.91 Å². The lowest BCUT2D eigenvalue weighted by Gasteiger charge is -2.27. The van der Waals surface area contributed by atoms with Gasteiger partial charge in [-0.15, -0.1) is 24.0 Å². The highest BCUT2D eigenvalue weighted by Gasteiger charge is 2.19. The monoisotopic (exact) mass is 522 g/mol. The number of aliphatic imine (C=N–C) groups is 1. The Morgan fingerprint density at radius 2 is 1.93 bits per heavy atom. The second-order valence-electron chi connectivity index (χ2n) is 7.06. The minimum Gasteiger partial charge on any atom is -0.354 e. The SMILES string of the molecule is CN=C(NCc1ccc(N2CCCCC2=O)cc1)NC(C)CCS(C)(=O)=O.I. The Morgan fingerprint density at radius 3 is 2.50 bits per heavy atom. The molecule has 1 aromatic rings. The molecule has 1 amide bonds. The van der Waals surface area contributed by atoms with Crippen molar-refractivity contribution in [3.63, 3.8) is 0 Å². The van der Waals surface area contributed by atoms with Crippen LogP contribution in [0.5, 0.6) is 0 Å². The quantitative estimate of drug-likeness (QED) is 0.326. The predicted molar refractivity (Wildman–Crippen MR) is 125 cm³/mol. The molecule has 1 aliphatic rings. The number of sulfone groups is 1. The largest absolute Gasteiger partial charge is 0.354 e. The van der Waals surface area contributed by atoms with Gasteiger partial charge in [0.05, 0.1) is 5.75 Å². The van der Waals surface area contributed by atoms with E-state index in [1.165, 1.54) is 6.26 Å². The third-order valence-corrected chi connectivity index (χ3v) is 5.54. The van der Waals surface area contributed by atoms with Crippen LogP contribution in [0.15, 0.2) is 29.3 Å². The van der Waals surface area contributed by atoms with Gasteiger partial charge in [0.1, 0.15) is 9.84 Å². The number of guanidine groups is 1. The van der Waals surface area contributed by atoms with Crippen molar-refractivity contribution < 1.29 is 13.2 Å². The smallest absolute Gasteiger partial charge is 0.226 e. The van der Waals surface area contributed by atoms with Gasteiger partial charge >= 0.3 is 0 Å². The standard InChI is InChI=1S/C19H30N4O3S.HI/c1-15(11-13-27(3,25)26)22-19(20-2)21-14-16-7-9-17(10-8-16)23-12-5-4-6-18(23)24;/h7-10,15H,4-6,11-14H2,1-3H3,(H2,20,21,22);1H. The average Bonchev–Trinajstić information content (AvgIpc) is 2.64. The number of rotatable bonds is 7. The Hall–Kier alpha value is -1.36. The van der Waals surface area contributed by atoms with Crippen LogP contribution in [0.4, 0.5) is 5.69 Å². The summed E-state index contributed by atoms with van der Waals surface area (Å²) in [5.74, 6) is 0.973. The zero-order chi connectivity index (χ0) is 19.9. The van der Waals surface area contributed by atoms with Gasteiger partial charge < -0.3 is 15.5 Å². The van der Waals surface area contributed by atoms with Crippen molar-refractivity contribution in [3.8, 4) is 0 Å². The lowest BCUT2D eigenvalue weighted by molar-refractivity contribution is -0.119. The third-order valence-electron chi connectivity index (χ3n) is 4.56. The van der Waals surface area contributed by atoms with Crippen LogP contribution in [-0.2, 0) is 21.2 Å². The Bertz CT molecular complexity index is 766. The highest BCUT2D eigenvalue weighted by molar-refractivity contribution is 14.0. The fourth-order valence-electron chi connectivity index (χ4n) is 2.95. The zero-order valence-corrected chi connectivity index (χ0v) is 19.9. The van der Waals surface area contributed by atoms with Gasteiger partial charge in [-0.05, 0) is 43.9 Å². The summed E-state index contributed by atoms with van der Waals surface area (Å²) in [6, 6.07) is 7.96. The van der Waals surface area contributed by atoms with Crippen molar-refractivity contribution in [2.75, 3.05) is 30.5 Å². The summed E-state index contributed by atoms with van der Waals surface area (Å²) in [4.78, 5) is 18.0. The van der Waals surface area contributed by atoms with E-state index in [2.05, 4.69) is 15.6 Å². The first-order valence-corrected chi connectivity index (χ1v) is 11.4. The van der Waals surface area contributed by atoms with Crippen LogP contribution in [0.2, 0.25) is 0 Å². The second kappa shape index (κ2) is 11.6. The molecule has 0 radical (unpaired) electrons. The van der Waals surface area contributed by atoms with Crippen molar-refractivity contribution in [2.24, 2.45) is 4.99 Å². The van der Waals surface area contributed by atoms with Crippen LogP contribution in [0, 0.1) is 0 Å². The maximum atomic E-state index is 12.0. The number of amides is 1. The number of halogens is 1. The van der Waals surface area contributed by atoms with Crippen molar-refractivity contribution in [3.05, 3.63) is 29.8 Å². The van der Waals surface area contributed by atoms with E-state index in [0.717, 1.165) is 30.6 Å². The van der Waals surface area contributed by atoms with E-state index in [4.69, 9.17) is 0 Å². The second-order valence-corrected chi connectivity index (χ2v) is 9.32. The van der Waals surface area contributed by atoms with Crippen LogP contribution in [0.25, 0.3) is 0 Å². The molecule has 158 valence electrons. The van der Waals surface area contributed by atoms with Gasteiger partial charge in [0, 0.05) is 44.5 Å². The molecule has 2 N–H and O–H groups in total. The van der Waals surface area contributed by atoms with Crippen molar-refractivity contribution in [2.45, 2.75) is 45.2 Å². The summed E-state index contributed by atoms with van der Waals surface area (Å²) in [6.07, 6.45) is 4.43. The van der Waals surface area contributed by atoms with E-state index in [1.807, 2.05) is 36.1 Å².